The maximum absolute atomic E-state index is 12.2. The molecule has 1 saturated heterocycles. The van der Waals surface area contributed by atoms with Crippen molar-refractivity contribution in [3.05, 3.63) is 70.9 Å². The zero-order valence-electron chi connectivity index (χ0n) is 16.0. The molecule has 0 atom stereocenters. The van der Waals surface area contributed by atoms with E-state index in [0.29, 0.717) is 12.1 Å². The van der Waals surface area contributed by atoms with E-state index in [2.05, 4.69) is 30.9 Å². The second-order valence-electron chi connectivity index (χ2n) is 6.84. The van der Waals surface area contributed by atoms with Gasteiger partial charge in [-0.25, -0.2) is 9.67 Å². The number of hydrogen-bond donors (Lipinski definition) is 0. The lowest BCUT2D eigenvalue weighted by Gasteiger charge is -2.35. The molecule has 0 saturated carbocycles. The Balaban J connectivity index is 1.37. The van der Waals surface area contributed by atoms with Crippen LogP contribution in [0.5, 0.6) is 0 Å². The number of anilines is 1. The van der Waals surface area contributed by atoms with E-state index in [4.69, 9.17) is 0 Å². The lowest BCUT2D eigenvalue weighted by molar-refractivity contribution is 0.242. The van der Waals surface area contributed by atoms with Gasteiger partial charge in [-0.2, -0.15) is 10.4 Å². The van der Waals surface area contributed by atoms with E-state index < -0.39 is 0 Å². The molecule has 1 fully saturated rings. The molecule has 3 aromatic heterocycles. The van der Waals surface area contributed by atoms with Crippen LogP contribution in [0.15, 0.2) is 59.8 Å². The average molecular weight is 387 g/mol. The molecule has 1 aliphatic heterocycles. The van der Waals surface area contributed by atoms with Gasteiger partial charge in [-0.1, -0.05) is 0 Å². The fourth-order valence-electron chi connectivity index (χ4n) is 3.43. The lowest BCUT2D eigenvalue weighted by atomic mass is 10.2. The smallest absolute Gasteiger partial charge is 0.266 e. The van der Waals surface area contributed by atoms with Gasteiger partial charge in [-0.15, -0.1) is 0 Å². The van der Waals surface area contributed by atoms with E-state index >= 15 is 0 Å². The Kier molecular flexibility index (Phi) is 5.59. The molecule has 4 rings (SSSR count). The first-order chi connectivity index (χ1) is 14.2. The van der Waals surface area contributed by atoms with E-state index in [-0.39, 0.29) is 5.56 Å². The maximum atomic E-state index is 12.2. The molecule has 0 amide bonds. The van der Waals surface area contributed by atoms with Gasteiger partial charge in [-0.05, 0) is 30.3 Å². The average Bonchev–Trinajstić information content (AvgIpc) is 2.79. The Morgan fingerprint density at radius 1 is 1.00 bits per heavy atom. The van der Waals surface area contributed by atoms with Crippen molar-refractivity contribution in [2.75, 3.05) is 37.6 Å². The van der Waals surface area contributed by atoms with Gasteiger partial charge in [0.05, 0.1) is 17.8 Å². The first-order valence-corrected chi connectivity index (χ1v) is 9.55. The van der Waals surface area contributed by atoms with Crippen LogP contribution in [0.1, 0.15) is 5.56 Å². The lowest BCUT2D eigenvalue weighted by Crippen LogP contribution is -2.48. The van der Waals surface area contributed by atoms with Gasteiger partial charge in [0.1, 0.15) is 11.9 Å². The number of nitriles is 1. The van der Waals surface area contributed by atoms with Crippen molar-refractivity contribution in [2.24, 2.45) is 0 Å². The monoisotopic (exact) mass is 387 g/mol. The molecule has 0 N–H and O–H groups in total. The van der Waals surface area contributed by atoms with Crippen LogP contribution in [0.25, 0.3) is 11.3 Å². The SMILES string of the molecule is N#Cc1cccnc1N1CCN(CCn2nc(-c3cccnc3)ccc2=O)CC1. The minimum atomic E-state index is -0.108. The minimum absolute atomic E-state index is 0.108. The fraction of sp³-hybridized carbons (Fsp3) is 0.286. The van der Waals surface area contributed by atoms with Crippen LogP contribution in [0, 0.1) is 11.3 Å². The minimum Gasteiger partial charge on any atom is -0.353 e. The molecular weight excluding hydrogens is 366 g/mol. The molecule has 0 spiro atoms. The maximum Gasteiger partial charge on any atom is 0.266 e. The number of pyridine rings is 2. The highest BCUT2D eigenvalue weighted by Gasteiger charge is 2.20. The number of hydrogen-bond acceptors (Lipinski definition) is 7. The topological polar surface area (TPSA) is 90.9 Å². The Labute approximate surface area is 168 Å². The van der Waals surface area contributed by atoms with Crippen molar-refractivity contribution in [3.8, 4) is 17.3 Å². The molecule has 0 radical (unpaired) electrons. The number of nitrogens with zero attached hydrogens (tertiary/aromatic N) is 7. The number of rotatable bonds is 5. The van der Waals surface area contributed by atoms with Gasteiger partial charge >= 0.3 is 0 Å². The molecule has 0 bridgehead atoms. The second kappa shape index (κ2) is 8.63. The van der Waals surface area contributed by atoms with Crippen molar-refractivity contribution in [2.45, 2.75) is 6.54 Å². The summed E-state index contributed by atoms with van der Waals surface area (Å²) in [5.41, 5.74) is 2.12. The summed E-state index contributed by atoms with van der Waals surface area (Å²) >= 11 is 0. The first kappa shape index (κ1) is 18.8. The zero-order valence-corrected chi connectivity index (χ0v) is 16.0. The van der Waals surface area contributed by atoms with E-state index in [1.165, 1.54) is 4.68 Å². The van der Waals surface area contributed by atoms with Gasteiger partial charge in [0, 0.05) is 62.9 Å². The van der Waals surface area contributed by atoms with Gasteiger partial charge in [-0.3, -0.25) is 14.7 Å². The molecule has 0 aliphatic carbocycles. The summed E-state index contributed by atoms with van der Waals surface area (Å²) < 4.78 is 1.52. The molecule has 3 aromatic rings. The molecule has 146 valence electrons. The van der Waals surface area contributed by atoms with Crippen molar-refractivity contribution in [1.29, 1.82) is 5.26 Å². The summed E-state index contributed by atoms with van der Waals surface area (Å²) in [6.45, 7) is 4.55. The van der Waals surface area contributed by atoms with Gasteiger partial charge in [0.2, 0.25) is 0 Å². The molecule has 0 unspecified atom stereocenters. The largest absolute Gasteiger partial charge is 0.353 e. The van der Waals surface area contributed by atoms with E-state index in [0.717, 1.165) is 49.8 Å². The highest BCUT2D eigenvalue weighted by Crippen LogP contribution is 2.18. The van der Waals surface area contributed by atoms with Gasteiger partial charge in [0.25, 0.3) is 5.56 Å². The van der Waals surface area contributed by atoms with Crippen LogP contribution < -0.4 is 10.5 Å². The predicted molar refractivity (Wildman–Crippen MR) is 109 cm³/mol. The molecule has 0 aromatic carbocycles. The summed E-state index contributed by atoms with van der Waals surface area (Å²) in [6, 6.07) is 12.8. The Bertz CT molecular complexity index is 1070. The highest BCUT2D eigenvalue weighted by molar-refractivity contribution is 5.56. The fourth-order valence-corrected chi connectivity index (χ4v) is 3.43. The third kappa shape index (κ3) is 4.31. The van der Waals surface area contributed by atoms with E-state index in [1.807, 2.05) is 12.1 Å². The van der Waals surface area contributed by atoms with Crippen LogP contribution in [-0.2, 0) is 6.54 Å². The summed E-state index contributed by atoms with van der Waals surface area (Å²) in [5, 5.41) is 13.8. The quantitative estimate of drug-likeness (QED) is 0.653. The van der Waals surface area contributed by atoms with Gasteiger partial charge < -0.3 is 4.90 Å². The summed E-state index contributed by atoms with van der Waals surface area (Å²) in [5.74, 6) is 0.747. The molecule has 4 heterocycles. The number of piperazine rings is 1. The normalized spacial score (nSPS) is 14.5. The third-order valence-electron chi connectivity index (χ3n) is 5.03. The molecule has 8 nitrogen and oxygen atoms in total. The summed E-state index contributed by atoms with van der Waals surface area (Å²) in [7, 11) is 0. The van der Waals surface area contributed by atoms with E-state index in [1.54, 1.807) is 42.9 Å². The second-order valence-corrected chi connectivity index (χ2v) is 6.84. The zero-order chi connectivity index (χ0) is 20.1. The molecule has 8 heteroatoms. The Morgan fingerprint density at radius 2 is 1.83 bits per heavy atom. The Morgan fingerprint density at radius 3 is 2.59 bits per heavy atom. The molecule has 1 aliphatic rings. The molecule has 29 heavy (non-hydrogen) atoms. The predicted octanol–water partition coefficient (Wildman–Crippen LogP) is 1.39. The van der Waals surface area contributed by atoms with Crippen LogP contribution in [0.4, 0.5) is 5.82 Å². The first-order valence-electron chi connectivity index (χ1n) is 9.55. The van der Waals surface area contributed by atoms with Crippen LogP contribution in [0.2, 0.25) is 0 Å². The van der Waals surface area contributed by atoms with Crippen molar-refractivity contribution < 1.29 is 0 Å². The van der Waals surface area contributed by atoms with Gasteiger partial charge in [0.15, 0.2) is 0 Å². The summed E-state index contributed by atoms with van der Waals surface area (Å²) in [4.78, 5) is 25.1. The van der Waals surface area contributed by atoms with Crippen molar-refractivity contribution in [1.82, 2.24) is 24.6 Å². The summed E-state index contributed by atoms with van der Waals surface area (Å²) in [6.07, 6.45) is 5.17. The van der Waals surface area contributed by atoms with Crippen molar-refractivity contribution in [3.63, 3.8) is 0 Å². The third-order valence-corrected chi connectivity index (χ3v) is 5.03. The van der Waals surface area contributed by atoms with Crippen LogP contribution in [-0.4, -0.2) is 57.4 Å². The Hall–Kier alpha value is -3.57. The number of aromatic nitrogens is 4. The van der Waals surface area contributed by atoms with E-state index in [9.17, 15) is 10.1 Å². The molecular formula is C21H21N7O. The van der Waals surface area contributed by atoms with Crippen LogP contribution in [0.3, 0.4) is 0 Å². The van der Waals surface area contributed by atoms with Crippen LogP contribution >= 0.6 is 0 Å². The van der Waals surface area contributed by atoms with Crippen molar-refractivity contribution >= 4 is 5.82 Å². The standard InChI is InChI=1S/C21H21N7O/c22-15-17-3-2-8-24-21(17)27-12-9-26(10-13-27)11-14-28-20(29)6-5-19(25-28)18-4-1-7-23-16-18/h1-8,16H,9-14H2. The highest BCUT2D eigenvalue weighted by atomic mass is 16.1.